The number of nitrogens with zero attached hydrogens (tertiary/aromatic N) is 3. The Morgan fingerprint density at radius 1 is 0.950 bits per heavy atom. The number of piperazine rings is 1. The summed E-state index contributed by atoms with van der Waals surface area (Å²) in [5.74, 6) is -0.340. The van der Waals surface area contributed by atoms with Crippen LogP contribution in [0.1, 0.15) is 30.0 Å². The molecule has 2 aromatic carbocycles. The molecule has 0 saturated carbocycles. The molecule has 0 spiro atoms. The van der Waals surface area contributed by atoms with Gasteiger partial charge in [0.05, 0.1) is 13.0 Å². The molecule has 1 fully saturated rings. The predicted molar refractivity (Wildman–Crippen MR) is 144 cm³/mol. The Labute approximate surface area is 231 Å². The highest BCUT2D eigenvalue weighted by molar-refractivity contribution is 5.70. The number of hydrogen-bond acceptors (Lipinski definition) is 7. The molecule has 2 atom stereocenters. The summed E-state index contributed by atoms with van der Waals surface area (Å²) >= 11 is 0. The van der Waals surface area contributed by atoms with E-state index in [0.717, 1.165) is 42.3 Å². The minimum atomic E-state index is -4.76. The van der Waals surface area contributed by atoms with E-state index in [0.29, 0.717) is 19.6 Å². The minimum Gasteiger partial charge on any atom is -0.463 e. The van der Waals surface area contributed by atoms with Gasteiger partial charge >= 0.3 is 12.1 Å². The molecule has 1 saturated heterocycles. The van der Waals surface area contributed by atoms with Gasteiger partial charge in [0.25, 0.3) is 0 Å². The van der Waals surface area contributed by atoms with Crippen molar-refractivity contribution in [2.24, 2.45) is 0 Å². The van der Waals surface area contributed by atoms with Crippen molar-refractivity contribution in [3.8, 4) is 11.1 Å². The molecule has 1 unspecified atom stereocenters. The molecule has 2 heterocycles. The average molecular weight is 558 g/mol. The molecule has 3 aromatic rings. The molecule has 0 radical (unpaired) electrons. The number of halogens is 3. The number of benzene rings is 2. The van der Waals surface area contributed by atoms with E-state index >= 15 is 0 Å². The number of rotatable bonds is 10. The maximum Gasteiger partial charge on any atom is 0.421 e. The van der Waals surface area contributed by atoms with Crippen LogP contribution in [0.15, 0.2) is 73.1 Å². The monoisotopic (exact) mass is 557 g/mol. The Morgan fingerprint density at radius 3 is 2.15 bits per heavy atom. The second-order valence-corrected chi connectivity index (χ2v) is 10.2. The Bertz CT molecular complexity index is 1240. The maximum absolute atomic E-state index is 13.1. The van der Waals surface area contributed by atoms with Crippen molar-refractivity contribution >= 4 is 5.97 Å². The number of aromatic nitrogens is 1. The maximum atomic E-state index is 13.1. The molecule has 1 aliphatic rings. The average Bonchev–Trinajstić information content (AvgIpc) is 2.94. The topological polar surface area (TPSA) is 86.1 Å². The normalized spacial score (nSPS) is 18.3. The van der Waals surface area contributed by atoms with Crippen LogP contribution in [0.5, 0.6) is 0 Å². The molecule has 1 aromatic heterocycles. The fraction of sp³-hybridized carbons (Fsp3) is 0.400. The van der Waals surface area contributed by atoms with Crippen LogP contribution >= 0.6 is 0 Å². The fourth-order valence-electron chi connectivity index (χ4n) is 4.85. The van der Waals surface area contributed by atoms with Crippen LogP contribution < -0.4 is 0 Å². The van der Waals surface area contributed by atoms with E-state index in [1.807, 2.05) is 36.4 Å². The van der Waals surface area contributed by atoms with Crippen LogP contribution in [0, 0.1) is 0 Å². The van der Waals surface area contributed by atoms with Crippen LogP contribution in [0.25, 0.3) is 11.1 Å². The van der Waals surface area contributed by atoms with E-state index in [4.69, 9.17) is 9.84 Å². The zero-order valence-electron chi connectivity index (χ0n) is 22.3. The summed E-state index contributed by atoms with van der Waals surface area (Å²) in [5.41, 5.74) is 0.671. The summed E-state index contributed by atoms with van der Waals surface area (Å²) in [4.78, 5) is 21.0. The number of aliphatic hydroxyl groups is 2. The number of esters is 1. The molecule has 40 heavy (non-hydrogen) atoms. The largest absolute Gasteiger partial charge is 0.463 e. The summed E-state index contributed by atoms with van der Waals surface area (Å²) in [7, 11) is 0. The molecule has 7 nitrogen and oxygen atoms in total. The molecule has 1 aliphatic heterocycles. The molecule has 4 rings (SSSR count). The number of ether oxygens (including phenoxy) is 1. The molecule has 214 valence electrons. The lowest BCUT2D eigenvalue weighted by Gasteiger charge is -2.41. The summed E-state index contributed by atoms with van der Waals surface area (Å²) < 4.78 is 44.6. The van der Waals surface area contributed by atoms with Crippen molar-refractivity contribution in [3.63, 3.8) is 0 Å². The molecule has 0 amide bonds. The summed E-state index contributed by atoms with van der Waals surface area (Å²) in [6.07, 6.45) is -1.04. The first-order valence-corrected chi connectivity index (χ1v) is 13.2. The van der Waals surface area contributed by atoms with E-state index in [9.17, 15) is 23.1 Å². The smallest absolute Gasteiger partial charge is 0.421 e. The number of hydrogen-bond donors (Lipinski definition) is 2. The standard InChI is InChI=1S/C30H34F3N3O4/c1-29(39,30(31,32)33)26-8-6-25(7-9-26)24-4-2-22(3-5-24)19-35-14-15-36(20-23-10-12-34-13-11-23)27(21-35)18-28(38)40-17-16-37/h2-13,27,37,39H,14-21H2,1H3/t27-,29?/m0/s1. The van der Waals surface area contributed by atoms with Gasteiger partial charge in [-0.15, -0.1) is 0 Å². The van der Waals surface area contributed by atoms with Crippen LogP contribution in [0.2, 0.25) is 0 Å². The third-order valence-electron chi connectivity index (χ3n) is 7.27. The second kappa shape index (κ2) is 12.9. The highest BCUT2D eigenvalue weighted by Crippen LogP contribution is 2.39. The van der Waals surface area contributed by atoms with Crippen LogP contribution in [0.3, 0.4) is 0 Å². The van der Waals surface area contributed by atoms with Crippen molar-refractivity contribution in [3.05, 3.63) is 89.7 Å². The number of carbonyl (C=O) groups is 1. The Balaban J connectivity index is 1.40. The number of alkyl halides is 3. The van der Waals surface area contributed by atoms with Crippen LogP contribution in [-0.2, 0) is 28.2 Å². The van der Waals surface area contributed by atoms with Gasteiger partial charge in [-0.2, -0.15) is 13.2 Å². The van der Waals surface area contributed by atoms with Gasteiger partial charge in [0.1, 0.15) is 6.61 Å². The third-order valence-corrected chi connectivity index (χ3v) is 7.27. The lowest BCUT2D eigenvalue weighted by atomic mass is 9.93. The van der Waals surface area contributed by atoms with Crippen molar-refractivity contribution in [2.45, 2.75) is 44.3 Å². The number of pyridine rings is 1. The number of aliphatic hydroxyl groups excluding tert-OH is 1. The molecule has 2 N–H and O–H groups in total. The predicted octanol–water partition coefficient (Wildman–Crippen LogP) is 4.13. The lowest BCUT2D eigenvalue weighted by Crippen LogP contribution is -2.53. The van der Waals surface area contributed by atoms with Crippen LogP contribution in [-0.4, -0.2) is 76.0 Å². The summed E-state index contributed by atoms with van der Waals surface area (Å²) in [5, 5.41) is 18.9. The lowest BCUT2D eigenvalue weighted by molar-refractivity contribution is -0.258. The van der Waals surface area contributed by atoms with Crippen molar-refractivity contribution in [1.82, 2.24) is 14.8 Å². The minimum absolute atomic E-state index is 0.0175. The molecule has 0 aliphatic carbocycles. The van der Waals surface area contributed by atoms with Gasteiger partial charge in [-0.1, -0.05) is 48.5 Å². The zero-order valence-corrected chi connectivity index (χ0v) is 22.3. The van der Waals surface area contributed by atoms with Crippen molar-refractivity contribution in [2.75, 3.05) is 32.8 Å². The Kier molecular flexibility index (Phi) is 9.57. The summed E-state index contributed by atoms with van der Waals surface area (Å²) in [6, 6.07) is 17.4. The number of carbonyl (C=O) groups excluding carboxylic acids is 1. The fourth-order valence-corrected chi connectivity index (χ4v) is 4.85. The SMILES string of the molecule is CC(O)(c1ccc(-c2ccc(CN3CCN(Cc4ccncc4)[C@@H](CC(=O)OCCO)C3)cc2)cc1)C(F)(F)F. The van der Waals surface area contributed by atoms with Gasteiger partial charge in [-0.05, 0) is 46.9 Å². The first kappa shape index (κ1) is 29.7. The quantitative estimate of drug-likeness (QED) is 0.363. The first-order valence-electron chi connectivity index (χ1n) is 13.2. The summed E-state index contributed by atoms with van der Waals surface area (Å²) in [6.45, 7) is 4.15. The van der Waals surface area contributed by atoms with Gasteiger partial charge in [-0.3, -0.25) is 19.6 Å². The molecule has 0 bridgehead atoms. The Hall–Kier alpha value is -3.31. The van der Waals surface area contributed by atoms with Crippen molar-refractivity contribution < 1.29 is 32.9 Å². The van der Waals surface area contributed by atoms with E-state index in [2.05, 4.69) is 14.8 Å². The van der Waals surface area contributed by atoms with E-state index in [1.54, 1.807) is 24.5 Å². The first-order chi connectivity index (χ1) is 19.1. The van der Waals surface area contributed by atoms with Gasteiger partial charge in [0.15, 0.2) is 5.60 Å². The molecular weight excluding hydrogens is 523 g/mol. The Morgan fingerprint density at radius 2 is 1.55 bits per heavy atom. The van der Waals surface area contributed by atoms with Gasteiger partial charge in [0, 0.05) is 51.2 Å². The highest BCUT2D eigenvalue weighted by Gasteiger charge is 2.51. The van der Waals surface area contributed by atoms with E-state index in [1.165, 1.54) is 12.1 Å². The van der Waals surface area contributed by atoms with Crippen molar-refractivity contribution in [1.29, 1.82) is 0 Å². The van der Waals surface area contributed by atoms with Gasteiger partial charge in [-0.25, -0.2) is 0 Å². The second-order valence-electron chi connectivity index (χ2n) is 10.2. The third kappa shape index (κ3) is 7.45. The van der Waals surface area contributed by atoms with E-state index in [-0.39, 0.29) is 37.2 Å². The molecular formula is C30H34F3N3O4. The molecule has 10 heteroatoms. The highest BCUT2D eigenvalue weighted by atomic mass is 19.4. The van der Waals surface area contributed by atoms with Gasteiger partial charge in [0.2, 0.25) is 0 Å². The van der Waals surface area contributed by atoms with Crippen LogP contribution in [0.4, 0.5) is 13.2 Å². The zero-order chi connectivity index (χ0) is 28.8. The van der Waals surface area contributed by atoms with E-state index < -0.39 is 11.8 Å². The van der Waals surface area contributed by atoms with Gasteiger partial charge < -0.3 is 14.9 Å².